The highest BCUT2D eigenvalue weighted by Gasteiger charge is 2.14. The Kier molecular flexibility index (Phi) is 3.38. The van der Waals surface area contributed by atoms with Crippen LogP contribution in [-0.4, -0.2) is 29.6 Å². The minimum atomic E-state index is 0.525. The van der Waals surface area contributed by atoms with Crippen LogP contribution in [0.3, 0.4) is 0 Å². The van der Waals surface area contributed by atoms with Crippen molar-refractivity contribution in [1.82, 2.24) is 15.3 Å². The van der Waals surface area contributed by atoms with Crippen molar-refractivity contribution in [3.8, 4) is 0 Å². The summed E-state index contributed by atoms with van der Waals surface area (Å²) in [6.45, 7) is 4.99. The van der Waals surface area contributed by atoms with E-state index in [1.165, 1.54) is 6.42 Å². The van der Waals surface area contributed by atoms with Crippen LogP contribution < -0.4 is 10.6 Å². The van der Waals surface area contributed by atoms with Crippen molar-refractivity contribution in [1.29, 1.82) is 0 Å². The van der Waals surface area contributed by atoms with Gasteiger partial charge in [0.25, 0.3) is 0 Å². The van der Waals surface area contributed by atoms with Crippen LogP contribution in [0, 0.1) is 12.8 Å². The summed E-state index contributed by atoms with van der Waals surface area (Å²) in [6.07, 6.45) is 2.96. The van der Waals surface area contributed by atoms with Crippen LogP contribution in [0.2, 0.25) is 5.15 Å². The Morgan fingerprint density at radius 2 is 2.53 bits per heavy atom. The minimum Gasteiger partial charge on any atom is -0.354 e. The lowest BCUT2D eigenvalue weighted by Crippen LogP contribution is -2.18. The Morgan fingerprint density at radius 1 is 1.67 bits per heavy atom. The third-order valence-corrected chi connectivity index (χ3v) is 3.00. The lowest BCUT2D eigenvalue weighted by Gasteiger charge is -2.10. The molecule has 0 spiro atoms. The Morgan fingerprint density at radius 3 is 3.20 bits per heavy atom. The molecule has 1 aromatic heterocycles. The standard InChI is InChI=1S/C10H15ClN4/c1-7-4-13-10(15-9(7)11)14-6-8-2-3-12-5-8/h4,8,12H,2-3,5-6H2,1H3,(H,13,14,15)/t8-/m0/s1. The predicted molar refractivity (Wildman–Crippen MR) is 61.2 cm³/mol. The van der Waals surface area contributed by atoms with E-state index in [0.717, 1.165) is 25.2 Å². The Hall–Kier alpha value is -0.870. The molecular formula is C10H15ClN4. The zero-order chi connectivity index (χ0) is 10.7. The quantitative estimate of drug-likeness (QED) is 0.767. The molecule has 0 aliphatic carbocycles. The van der Waals surface area contributed by atoms with E-state index in [1.807, 2.05) is 6.92 Å². The van der Waals surface area contributed by atoms with Crippen LogP contribution in [0.5, 0.6) is 0 Å². The first-order chi connectivity index (χ1) is 7.25. The van der Waals surface area contributed by atoms with Gasteiger partial charge in [0.2, 0.25) is 5.95 Å². The van der Waals surface area contributed by atoms with Gasteiger partial charge in [-0.05, 0) is 32.4 Å². The lowest BCUT2D eigenvalue weighted by atomic mass is 10.1. The summed E-state index contributed by atoms with van der Waals surface area (Å²) >= 11 is 5.91. The molecule has 1 fully saturated rings. The molecule has 1 saturated heterocycles. The number of rotatable bonds is 3. The smallest absolute Gasteiger partial charge is 0.224 e. The molecule has 0 saturated carbocycles. The Bertz CT molecular complexity index is 336. The summed E-state index contributed by atoms with van der Waals surface area (Å²) in [4.78, 5) is 8.33. The van der Waals surface area contributed by atoms with E-state index < -0.39 is 0 Å². The Balaban J connectivity index is 1.90. The van der Waals surface area contributed by atoms with Gasteiger partial charge in [0.1, 0.15) is 5.15 Å². The van der Waals surface area contributed by atoms with Gasteiger partial charge in [-0.25, -0.2) is 9.97 Å². The highest BCUT2D eigenvalue weighted by Crippen LogP contribution is 2.13. The second kappa shape index (κ2) is 4.77. The van der Waals surface area contributed by atoms with Gasteiger partial charge < -0.3 is 10.6 Å². The van der Waals surface area contributed by atoms with Gasteiger partial charge in [-0.15, -0.1) is 0 Å². The monoisotopic (exact) mass is 226 g/mol. The van der Waals surface area contributed by atoms with E-state index in [4.69, 9.17) is 11.6 Å². The molecule has 0 radical (unpaired) electrons. The number of hydrogen-bond donors (Lipinski definition) is 2. The molecule has 0 aromatic carbocycles. The van der Waals surface area contributed by atoms with Gasteiger partial charge in [0.05, 0.1) is 0 Å². The molecule has 0 bridgehead atoms. The number of anilines is 1. The van der Waals surface area contributed by atoms with Crippen molar-refractivity contribution in [3.05, 3.63) is 16.9 Å². The molecule has 0 unspecified atom stereocenters. The van der Waals surface area contributed by atoms with Crippen LogP contribution in [0.15, 0.2) is 6.20 Å². The SMILES string of the molecule is Cc1cnc(NC[C@H]2CCNC2)nc1Cl. The van der Waals surface area contributed by atoms with E-state index in [0.29, 0.717) is 17.0 Å². The fourth-order valence-corrected chi connectivity index (χ4v) is 1.76. The maximum absolute atomic E-state index is 5.91. The van der Waals surface area contributed by atoms with Crippen LogP contribution in [0.1, 0.15) is 12.0 Å². The molecule has 1 aromatic rings. The molecule has 1 aliphatic heterocycles. The highest BCUT2D eigenvalue weighted by atomic mass is 35.5. The molecule has 2 N–H and O–H groups in total. The number of nitrogens with zero attached hydrogens (tertiary/aromatic N) is 2. The third-order valence-electron chi connectivity index (χ3n) is 2.62. The van der Waals surface area contributed by atoms with Crippen molar-refractivity contribution < 1.29 is 0 Å². The Labute approximate surface area is 94.5 Å². The number of aromatic nitrogens is 2. The third kappa shape index (κ3) is 2.79. The van der Waals surface area contributed by atoms with Crippen LogP contribution in [0.4, 0.5) is 5.95 Å². The zero-order valence-corrected chi connectivity index (χ0v) is 9.51. The van der Waals surface area contributed by atoms with Crippen LogP contribution in [-0.2, 0) is 0 Å². The van der Waals surface area contributed by atoms with E-state index >= 15 is 0 Å². The topological polar surface area (TPSA) is 49.8 Å². The van der Waals surface area contributed by atoms with Crippen molar-refractivity contribution in [3.63, 3.8) is 0 Å². The van der Waals surface area contributed by atoms with E-state index in [9.17, 15) is 0 Å². The van der Waals surface area contributed by atoms with Crippen LogP contribution in [0.25, 0.3) is 0 Å². The largest absolute Gasteiger partial charge is 0.354 e. The van der Waals surface area contributed by atoms with Crippen molar-refractivity contribution in [2.45, 2.75) is 13.3 Å². The lowest BCUT2D eigenvalue weighted by molar-refractivity contribution is 0.613. The first-order valence-corrected chi connectivity index (χ1v) is 5.57. The molecule has 4 nitrogen and oxygen atoms in total. The van der Waals surface area contributed by atoms with E-state index in [1.54, 1.807) is 6.20 Å². The first kappa shape index (κ1) is 10.6. The number of nitrogens with one attached hydrogen (secondary N) is 2. The second-order valence-electron chi connectivity index (χ2n) is 3.91. The molecule has 15 heavy (non-hydrogen) atoms. The van der Waals surface area contributed by atoms with Gasteiger partial charge in [-0.2, -0.15) is 0 Å². The average molecular weight is 227 g/mol. The molecule has 82 valence electrons. The number of halogens is 1. The van der Waals surface area contributed by atoms with Crippen LogP contribution >= 0.6 is 11.6 Å². The van der Waals surface area contributed by atoms with Crippen molar-refractivity contribution in [2.24, 2.45) is 5.92 Å². The molecule has 2 heterocycles. The van der Waals surface area contributed by atoms with E-state index in [-0.39, 0.29) is 0 Å². The van der Waals surface area contributed by atoms with Gasteiger partial charge in [0.15, 0.2) is 0 Å². The number of aryl methyl sites for hydroxylation is 1. The number of hydrogen-bond acceptors (Lipinski definition) is 4. The average Bonchev–Trinajstić information content (AvgIpc) is 2.73. The fraction of sp³-hybridized carbons (Fsp3) is 0.600. The summed E-state index contributed by atoms with van der Waals surface area (Å²) in [5.41, 5.74) is 0.907. The molecule has 5 heteroatoms. The van der Waals surface area contributed by atoms with Crippen molar-refractivity contribution in [2.75, 3.05) is 25.0 Å². The zero-order valence-electron chi connectivity index (χ0n) is 8.76. The van der Waals surface area contributed by atoms with Gasteiger partial charge >= 0.3 is 0 Å². The maximum Gasteiger partial charge on any atom is 0.224 e. The summed E-state index contributed by atoms with van der Waals surface area (Å²) in [7, 11) is 0. The maximum atomic E-state index is 5.91. The summed E-state index contributed by atoms with van der Waals surface area (Å²) in [5.74, 6) is 1.30. The summed E-state index contributed by atoms with van der Waals surface area (Å²) in [6, 6.07) is 0. The summed E-state index contributed by atoms with van der Waals surface area (Å²) in [5, 5.41) is 7.06. The predicted octanol–water partition coefficient (Wildman–Crippen LogP) is 1.46. The molecule has 1 atom stereocenters. The molecular weight excluding hydrogens is 212 g/mol. The minimum absolute atomic E-state index is 0.525. The fourth-order valence-electron chi connectivity index (χ4n) is 1.63. The van der Waals surface area contributed by atoms with Gasteiger partial charge in [0, 0.05) is 18.3 Å². The first-order valence-electron chi connectivity index (χ1n) is 5.19. The van der Waals surface area contributed by atoms with Crippen molar-refractivity contribution >= 4 is 17.5 Å². The summed E-state index contributed by atoms with van der Waals surface area (Å²) < 4.78 is 0. The van der Waals surface area contributed by atoms with Gasteiger partial charge in [-0.1, -0.05) is 11.6 Å². The highest BCUT2D eigenvalue weighted by molar-refractivity contribution is 6.30. The molecule has 0 amide bonds. The molecule has 1 aliphatic rings. The van der Waals surface area contributed by atoms with Gasteiger partial charge in [-0.3, -0.25) is 0 Å². The van der Waals surface area contributed by atoms with E-state index in [2.05, 4.69) is 20.6 Å². The molecule has 2 rings (SSSR count). The second-order valence-corrected chi connectivity index (χ2v) is 4.27. The normalized spacial score (nSPS) is 20.5.